The van der Waals surface area contributed by atoms with Crippen LogP contribution in [0.1, 0.15) is 12.6 Å². The first kappa shape index (κ1) is 14.6. The zero-order valence-corrected chi connectivity index (χ0v) is 11.5. The summed E-state index contributed by atoms with van der Waals surface area (Å²) in [5.41, 5.74) is 0.542. The number of carbonyl (C=O) groups is 1. The second kappa shape index (κ2) is 5.48. The van der Waals surface area contributed by atoms with Gasteiger partial charge >= 0.3 is 5.97 Å². The zero-order valence-electron chi connectivity index (χ0n) is 11.5. The summed E-state index contributed by atoms with van der Waals surface area (Å²) in [5, 5.41) is 35.7. The third kappa shape index (κ3) is 2.36. The van der Waals surface area contributed by atoms with Crippen LogP contribution in [0.2, 0.25) is 0 Å². The molecule has 0 aromatic carbocycles. The van der Waals surface area contributed by atoms with E-state index in [0.717, 1.165) is 0 Å². The lowest BCUT2D eigenvalue weighted by Gasteiger charge is -2.13. The summed E-state index contributed by atoms with van der Waals surface area (Å²) < 4.78 is 8.27. The average molecular weight is 309 g/mol. The lowest BCUT2D eigenvalue weighted by molar-refractivity contribution is -0.137. The molecule has 0 unspecified atom stereocenters. The van der Waals surface area contributed by atoms with Gasteiger partial charge in [-0.05, 0) is 0 Å². The highest BCUT2D eigenvalue weighted by Gasteiger charge is 2.35. The number of aliphatic hydroxyl groups excluding tert-OH is 2. The summed E-state index contributed by atoms with van der Waals surface area (Å²) in [6.07, 6.45) is 0.959. The molecule has 0 amide bonds. The average Bonchev–Trinajstić information content (AvgIpc) is 3.05. The number of nitrogens with zero attached hydrogens (tertiary/aromatic N) is 4. The highest BCUT2D eigenvalue weighted by atomic mass is 16.5. The number of ether oxygens (including phenoxy) is 1. The Bertz CT molecular complexity index is 769. The molecule has 22 heavy (non-hydrogen) atoms. The molecular formula is C12H15N5O5. The number of nitrogens with one attached hydrogen (secondary N) is 1. The lowest BCUT2D eigenvalue weighted by atomic mass is 10.2. The highest BCUT2D eigenvalue weighted by Crippen LogP contribution is 2.29. The number of fused-ring (bicyclic) bond motifs is 1. The molecule has 3 atom stereocenters. The molecule has 1 aliphatic rings. The zero-order chi connectivity index (χ0) is 15.9. The predicted molar refractivity (Wildman–Crippen MR) is 70.6 cm³/mol. The molecule has 0 saturated carbocycles. The van der Waals surface area contributed by atoms with Crippen molar-refractivity contribution in [3.63, 3.8) is 0 Å². The molecule has 10 nitrogen and oxygen atoms in total. The fourth-order valence-corrected chi connectivity index (χ4v) is 2.49. The van der Waals surface area contributed by atoms with Gasteiger partial charge in [0.25, 0.3) is 0 Å². The summed E-state index contributed by atoms with van der Waals surface area (Å²) in [6.45, 7) is -0.667. The Balaban J connectivity index is 1.98. The molecule has 0 bridgehead atoms. The van der Waals surface area contributed by atoms with Crippen LogP contribution in [0.25, 0.3) is 11.2 Å². The minimum atomic E-state index is -1.08. The molecule has 2 aromatic rings. The minimum absolute atomic E-state index is 0.0663. The van der Waals surface area contributed by atoms with Gasteiger partial charge in [-0.15, -0.1) is 0 Å². The van der Waals surface area contributed by atoms with Crippen molar-refractivity contribution in [1.29, 1.82) is 5.41 Å². The smallest absolute Gasteiger partial charge is 0.323 e. The number of aliphatic carboxylic acids is 1. The summed E-state index contributed by atoms with van der Waals surface area (Å²) >= 11 is 0. The van der Waals surface area contributed by atoms with Crippen LogP contribution in [0, 0.1) is 5.41 Å². The second-order valence-electron chi connectivity index (χ2n) is 5.05. The molecule has 2 aromatic heterocycles. The fraction of sp³-hybridized carbons (Fsp3) is 0.500. The Hall–Kier alpha value is -2.30. The first-order chi connectivity index (χ1) is 10.5. The van der Waals surface area contributed by atoms with Crippen molar-refractivity contribution < 1.29 is 24.9 Å². The van der Waals surface area contributed by atoms with Crippen molar-refractivity contribution in [3.8, 4) is 0 Å². The second-order valence-corrected chi connectivity index (χ2v) is 5.05. The SMILES string of the molecule is N=c1c2ncn([C@H]3C[C@H](O)[C@@H](CO)O3)c2ncn1CC(=O)O. The van der Waals surface area contributed by atoms with Crippen LogP contribution in [0.3, 0.4) is 0 Å². The third-order valence-electron chi connectivity index (χ3n) is 3.60. The minimum Gasteiger partial charge on any atom is -0.480 e. The number of hydrogen-bond donors (Lipinski definition) is 4. The van der Waals surface area contributed by atoms with E-state index in [4.69, 9.17) is 20.4 Å². The molecule has 1 saturated heterocycles. The Kier molecular flexibility index (Phi) is 3.64. The Morgan fingerprint density at radius 2 is 2.23 bits per heavy atom. The van der Waals surface area contributed by atoms with E-state index in [9.17, 15) is 9.90 Å². The summed E-state index contributed by atoms with van der Waals surface area (Å²) in [5.74, 6) is -1.08. The van der Waals surface area contributed by atoms with E-state index in [1.54, 1.807) is 4.57 Å². The molecule has 118 valence electrons. The molecule has 4 N–H and O–H groups in total. The van der Waals surface area contributed by atoms with Gasteiger partial charge in [-0.1, -0.05) is 0 Å². The highest BCUT2D eigenvalue weighted by molar-refractivity contribution is 5.70. The van der Waals surface area contributed by atoms with Crippen molar-refractivity contribution >= 4 is 17.1 Å². The predicted octanol–water partition coefficient (Wildman–Crippen LogP) is -1.56. The molecule has 3 heterocycles. The normalized spacial score (nSPS) is 24.9. The van der Waals surface area contributed by atoms with E-state index in [1.165, 1.54) is 17.2 Å². The van der Waals surface area contributed by atoms with E-state index in [-0.39, 0.29) is 30.6 Å². The molecule has 0 radical (unpaired) electrons. The molecule has 1 aliphatic heterocycles. The summed E-state index contributed by atoms with van der Waals surface area (Å²) in [6, 6.07) is 0. The number of hydrogen-bond acceptors (Lipinski definition) is 7. The van der Waals surface area contributed by atoms with Crippen molar-refractivity contribution in [2.24, 2.45) is 0 Å². The number of aromatic nitrogens is 4. The van der Waals surface area contributed by atoms with E-state index in [2.05, 4.69) is 9.97 Å². The summed E-state index contributed by atoms with van der Waals surface area (Å²) in [4.78, 5) is 19.0. The van der Waals surface area contributed by atoms with Crippen LogP contribution >= 0.6 is 0 Å². The molecule has 1 fully saturated rings. The number of rotatable bonds is 4. The third-order valence-corrected chi connectivity index (χ3v) is 3.60. The van der Waals surface area contributed by atoms with E-state index in [1.807, 2.05) is 0 Å². The van der Waals surface area contributed by atoms with Crippen LogP contribution in [0.4, 0.5) is 0 Å². The van der Waals surface area contributed by atoms with Crippen LogP contribution in [0.5, 0.6) is 0 Å². The summed E-state index contributed by atoms with van der Waals surface area (Å²) in [7, 11) is 0. The van der Waals surface area contributed by atoms with E-state index in [0.29, 0.717) is 5.65 Å². The van der Waals surface area contributed by atoms with Crippen LogP contribution in [-0.4, -0.2) is 59.2 Å². The monoisotopic (exact) mass is 309 g/mol. The van der Waals surface area contributed by atoms with Gasteiger partial charge in [-0.25, -0.2) is 9.97 Å². The van der Waals surface area contributed by atoms with Gasteiger partial charge in [0.1, 0.15) is 24.4 Å². The Morgan fingerprint density at radius 3 is 2.86 bits per heavy atom. The van der Waals surface area contributed by atoms with Crippen molar-refractivity contribution in [2.75, 3.05) is 6.61 Å². The lowest BCUT2D eigenvalue weighted by Crippen LogP contribution is -2.25. The Morgan fingerprint density at radius 1 is 1.45 bits per heavy atom. The van der Waals surface area contributed by atoms with Gasteiger partial charge in [0, 0.05) is 6.42 Å². The quantitative estimate of drug-likeness (QED) is 0.534. The molecular weight excluding hydrogens is 294 g/mol. The maximum atomic E-state index is 10.7. The Labute approximate surface area is 123 Å². The van der Waals surface area contributed by atoms with Gasteiger partial charge in [-0.2, -0.15) is 0 Å². The largest absolute Gasteiger partial charge is 0.480 e. The van der Waals surface area contributed by atoms with Crippen LogP contribution in [0.15, 0.2) is 12.7 Å². The topological polar surface area (TPSA) is 146 Å². The maximum absolute atomic E-state index is 10.7. The van der Waals surface area contributed by atoms with Crippen molar-refractivity contribution in [1.82, 2.24) is 19.1 Å². The van der Waals surface area contributed by atoms with Gasteiger partial charge < -0.3 is 24.6 Å². The number of aliphatic hydroxyl groups is 2. The van der Waals surface area contributed by atoms with Crippen LogP contribution in [-0.2, 0) is 16.1 Å². The first-order valence-corrected chi connectivity index (χ1v) is 6.64. The van der Waals surface area contributed by atoms with Crippen LogP contribution < -0.4 is 5.49 Å². The molecule has 10 heteroatoms. The fourth-order valence-electron chi connectivity index (χ4n) is 2.49. The van der Waals surface area contributed by atoms with E-state index < -0.39 is 24.4 Å². The van der Waals surface area contributed by atoms with Gasteiger partial charge in [0.15, 0.2) is 11.1 Å². The van der Waals surface area contributed by atoms with Crippen molar-refractivity contribution in [3.05, 3.63) is 18.1 Å². The first-order valence-electron chi connectivity index (χ1n) is 6.64. The number of carboxylic acids is 1. The maximum Gasteiger partial charge on any atom is 0.323 e. The molecule has 0 aliphatic carbocycles. The van der Waals surface area contributed by atoms with E-state index >= 15 is 0 Å². The standard InChI is InChI=1S/C12H15N5O5/c13-11-10-12(15-4-16(11)2-9(20)21)17(5-14-10)8-1-6(19)7(3-18)22-8/h4-8,13,18-19H,1-3H2,(H,20,21)/t6-,7+,8+/m0/s1. The molecule has 0 spiro atoms. The van der Waals surface area contributed by atoms with Gasteiger partial charge in [0.05, 0.1) is 25.4 Å². The molecule has 3 rings (SSSR count). The van der Waals surface area contributed by atoms with Gasteiger partial charge in [0.2, 0.25) is 0 Å². The number of carboxylic acid groups (broad SMARTS) is 1. The van der Waals surface area contributed by atoms with Gasteiger partial charge in [-0.3, -0.25) is 14.8 Å². The number of imidazole rings is 1. The van der Waals surface area contributed by atoms with Crippen molar-refractivity contribution in [2.45, 2.75) is 31.4 Å².